The van der Waals surface area contributed by atoms with Crippen LogP contribution in [0, 0.1) is 6.92 Å². The molecule has 0 heterocycles. The van der Waals surface area contributed by atoms with E-state index in [4.69, 9.17) is 10.5 Å². The molecule has 0 aromatic heterocycles. The number of nitrogens with one attached hydrogen (secondary N) is 1. The Balaban J connectivity index is 2.20. The summed E-state index contributed by atoms with van der Waals surface area (Å²) in [5, 5.41) is 2.81. The molecule has 4 nitrogen and oxygen atoms in total. The molecule has 0 spiro atoms. The molecule has 0 aliphatic heterocycles. The molecule has 1 amide bonds. The lowest BCUT2D eigenvalue weighted by Crippen LogP contribution is -2.12. The number of amides is 1. The lowest BCUT2D eigenvalue weighted by Gasteiger charge is -2.08. The maximum absolute atomic E-state index is 12.1. The van der Waals surface area contributed by atoms with Gasteiger partial charge in [-0.05, 0) is 31.2 Å². The Morgan fingerprint density at radius 2 is 1.84 bits per heavy atom. The van der Waals surface area contributed by atoms with Gasteiger partial charge in [0.15, 0.2) is 0 Å². The van der Waals surface area contributed by atoms with Crippen molar-refractivity contribution in [3.63, 3.8) is 0 Å². The molecule has 0 aliphatic carbocycles. The third-order valence-electron chi connectivity index (χ3n) is 2.74. The number of benzene rings is 2. The maximum Gasteiger partial charge on any atom is 0.255 e. The number of nitrogens with two attached hydrogens (primary N) is 1. The number of rotatable bonds is 3. The van der Waals surface area contributed by atoms with Crippen LogP contribution in [-0.2, 0) is 0 Å². The molecule has 0 unspecified atom stereocenters. The number of hydrogen-bond donors (Lipinski definition) is 2. The Labute approximate surface area is 112 Å². The first-order valence-corrected chi connectivity index (χ1v) is 5.91. The molecule has 3 N–H and O–H groups in total. The molecule has 0 bridgehead atoms. The Morgan fingerprint density at radius 1 is 1.16 bits per heavy atom. The summed E-state index contributed by atoms with van der Waals surface area (Å²) >= 11 is 0. The van der Waals surface area contributed by atoms with E-state index in [0.717, 1.165) is 11.3 Å². The molecule has 4 heteroatoms. The third kappa shape index (κ3) is 3.25. The molecule has 2 rings (SSSR count). The van der Waals surface area contributed by atoms with E-state index < -0.39 is 0 Å². The van der Waals surface area contributed by atoms with E-state index in [-0.39, 0.29) is 5.91 Å². The van der Waals surface area contributed by atoms with Gasteiger partial charge in [0.25, 0.3) is 5.91 Å². The fraction of sp³-hybridized carbons (Fsp3) is 0.133. The normalized spacial score (nSPS) is 10.0. The number of anilines is 2. The average molecular weight is 256 g/mol. The molecule has 19 heavy (non-hydrogen) atoms. The second-order valence-corrected chi connectivity index (χ2v) is 4.31. The number of carbonyl (C=O) groups excluding carboxylic acids is 1. The number of hydrogen-bond acceptors (Lipinski definition) is 3. The largest absolute Gasteiger partial charge is 0.497 e. The first kappa shape index (κ1) is 13.0. The van der Waals surface area contributed by atoms with Crippen molar-refractivity contribution in [1.82, 2.24) is 0 Å². The lowest BCUT2D eigenvalue weighted by atomic mass is 10.1. The summed E-state index contributed by atoms with van der Waals surface area (Å²) in [6.07, 6.45) is 0. The SMILES string of the molecule is COc1cc(N)cc(C(=O)Nc2ccc(C)cc2)c1. The molecule has 0 saturated heterocycles. The molecular formula is C15H16N2O2. The number of nitrogen functional groups attached to an aromatic ring is 1. The molecule has 0 atom stereocenters. The average Bonchev–Trinajstić information content (AvgIpc) is 2.40. The molecule has 0 fully saturated rings. The van der Waals surface area contributed by atoms with Gasteiger partial charge < -0.3 is 15.8 Å². The summed E-state index contributed by atoms with van der Waals surface area (Å²) in [6.45, 7) is 1.99. The number of aryl methyl sites for hydroxylation is 1. The van der Waals surface area contributed by atoms with Gasteiger partial charge in [0, 0.05) is 23.0 Å². The van der Waals surface area contributed by atoms with Gasteiger partial charge >= 0.3 is 0 Å². The Kier molecular flexibility index (Phi) is 3.71. The minimum Gasteiger partial charge on any atom is -0.497 e. The summed E-state index contributed by atoms with van der Waals surface area (Å²) < 4.78 is 5.09. The standard InChI is InChI=1S/C15H16N2O2/c1-10-3-5-13(6-4-10)17-15(18)11-7-12(16)9-14(8-11)19-2/h3-9H,16H2,1-2H3,(H,17,18). The van der Waals surface area contributed by atoms with Crippen LogP contribution in [0.15, 0.2) is 42.5 Å². The smallest absolute Gasteiger partial charge is 0.255 e. The van der Waals surface area contributed by atoms with Crippen molar-refractivity contribution >= 4 is 17.3 Å². The number of carbonyl (C=O) groups is 1. The van der Waals surface area contributed by atoms with E-state index in [1.54, 1.807) is 18.2 Å². The fourth-order valence-corrected chi connectivity index (χ4v) is 1.71. The van der Waals surface area contributed by atoms with Crippen LogP contribution >= 0.6 is 0 Å². The zero-order valence-corrected chi connectivity index (χ0v) is 10.9. The zero-order chi connectivity index (χ0) is 13.8. The molecule has 98 valence electrons. The predicted molar refractivity (Wildman–Crippen MR) is 76.5 cm³/mol. The summed E-state index contributed by atoms with van der Waals surface area (Å²) in [7, 11) is 1.54. The van der Waals surface area contributed by atoms with Crippen molar-refractivity contribution in [2.45, 2.75) is 6.92 Å². The van der Waals surface area contributed by atoms with Crippen LogP contribution in [-0.4, -0.2) is 13.0 Å². The van der Waals surface area contributed by atoms with Gasteiger partial charge in [0.2, 0.25) is 0 Å². The van der Waals surface area contributed by atoms with Gasteiger partial charge in [0.05, 0.1) is 7.11 Å². The Morgan fingerprint density at radius 3 is 2.47 bits per heavy atom. The van der Waals surface area contributed by atoms with Crippen molar-refractivity contribution in [1.29, 1.82) is 0 Å². The summed E-state index contributed by atoms with van der Waals surface area (Å²) in [5.41, 5.74) is 8.58. The summed E-state index contributed by atoms with van der Waals surface area (Å²) in [5.74, 6) is 0.350. The first-order valence-electron chi connectivity index (χ1n) is 5.91. The lowest BCUT2D eigenvalue weighted by molar-refractivity contribution is 0.102. The van der Waals surface area contributed by atoms with Crippen LogP contribution in [0.2, 0.25) is 0 Å². The maximum atomic E-state index is 12.1. The van der Waals surface area contributed by atoms with Crippen LogP contribution < -0.4 is 15.8 Å². The minimum absolute atomic E-state index is 0.213. The highest BCUT2D eigenvalue weighted by Crippen LogP contribution is 2.19. The van der Waals surface area contributed by atoms with E-state index >= 15 is 0 Å². The van der Waals surface area contributed by atoms with Crippen molar-refractivity contribution in [3.8, 4) is 5.75 Å². The summed E-state index contributed by atoms with van der Waals surface area (Å²) in [6, 6.07) is 12.5. The van der Waals surface area contributed by atoms with Crippen molar-refractivity contribution in [2.75, 3.05) is 18.2 Å². The second-order valence-electron chi connectivity index (χ2n) is 4.31. The highest BCUT2D eigenvalue weighted by atomic mass is 16.5. The van der Waals surface area contributed by atoms with Gasteiger partial charge in [-0.15, -0.1) is 0 Å². The Hall–Kier alpha value is -2.49. The third-order valence-corrected chi connectivity index (χ3v) is 2.74. The van der Waals surface area contributed by atoms with Crippen molar-refractivity contribution < 1.29 is 9.53 Å². The molecule has 2 aromatic rings. The number of methoxy groups -OCH3 is 1. The molecule has 0 saturated carbocycles. The van der Waals surface area contributed by atoms with Crippen molar-refractivity contribution in [3.05, 3.63) is 53.6 Å². The van der Waals surface area contributed by atoms with E-state index in [1.807, 2.05) is 31.2 Å². The monoisotopic (exact) mass is 256 g/mol. The molecule has 2 aromatic carbocycles. The van der Waals surface area contributed by atoms with Crippen LogP contribution in [0.5, 0.6) is 5.75 Å². The molecule has 0 radical (unpaired) electrons. The van der Waals surface area contributed by atoms with Gasteiger partial charge in [-0.1, -0.05) is 17.7 Å². The van der Waals surface area contributed by atoms with Crippen LogP contribution in [0.3, 0.4) is 0 Å². The number of ether oxygens (including phenoxy) is 1. The van der Waals surface area contributed by atoms with E-state index in [9.17, 15) is 4.79 Å². The fourth-order valence-electron chi connectivity index (χ4n) is 1.71. The van der Waals surface area contributed by atoms with Crippen molar-refractivity contribution in [2.24, 2.45) is 0 Å². The van der Waals surface area contributed by atoms with E-state index in [1.165, 1.54) is 7.11 Å². The second kappa shape index (κ2) is 5.44. The molecule has 0 aliphatic rings. The van der Waals surface area contributed by atoms with Crippen LogP contribution in [0.1, 0.15) is 15.9 Å². The highest BCUT2D eigenvalue weighted by molar-refractivity contribution is 6.05. The minimum atomic E-state index is -0.213. The van der Waals surface area contributed by atoms with E-state index in [0.29, 0.717) is 17.0 Å². The quantitative estimate of drug-likeness (QED) is 0.830. The highest BCUT2D eigenvalue weighted by Gasteiger charge is 2.08. The topological polar surface area (TPSA) is 64.3 Å². The van der Waals surface area contributed by atoms with Gasteiger partial charge in [-0.3, -0.25) is 4.79 Å². The van der Waals surface area contributed by atoms with Gasteiger partial charge in [0.1, 0.15) is 5.75 Å². The van der Waals surface area contributed by atoms with Gasteiger partial charge in [-0.25, -0.2) is 0 Å². The first-order chi connectivity index (χ1) is 9.08. The Bertz CT molecular complexity index is 592. The van der Waals surface area contributed by atoms with E-state index in [2.05, 4.69) is 5.32 Å². The van der Waals surface area contributed by atoms with Crippen LogP contribution in [0.25, 0.3) is 0 Å². The van der Waals surface area contributed by atoms with Crippen LogP contribution in [0.4, 0.5) is 11.4 Å². The summed E-state index contributed by atoms with van der Waals surface area (Å²) in [4.78, 5) is 12.1. The predicted octanol–water partition coefficient (Wildman–Crippen LogP) is 2.84. The molecular weight excluding hydrogens is 240 g/mol. The van der Waals surface area contributed by atoms with Gasteiger partial charge in [-0.2, -0.15) is 0 Å². The zero-order valence-electron chi connectivity index (χ0n) is 10.9.